The number of amides is 1. The number of hydrogen-bond donors (Lipinski definition) is 0. The molecular weight excluding hydrogens is 402 g/mol. The molecule has 7 nitrogen and oxygen atoms in total. The molecule has 0 aromatic carbocycles. The molecule has 0 bridgehead atoms. The molecule has 1 amide bonds. The van der Waals surface area contributed by atoms with Gasteiger partial charge in [0.05, 0.1) is 17.1 Å². The van der Waals surface area contributed by atoms with Gasteiger partial charge in [-0.05, 0) is 62.8 Å². The highest BCUT2D eigenvalue weighted by molar-refractivity contribution is 5.96. The summed E-state index contributed by atoms with van der Waals surface area (Å²) in [6, 6.07) is 8.52. The minimum atomic E-state index is -0.242. The molecule has 0 unspecified atom stereocenters. The fourth-order valence-corrected chi connectivity index (χ4v) is 5.57. The summed E-state index contributed by atoms with van der Waals surface area (Å²) in [6.45, 7) is 6.35. The zero-order chi connectivity index (χ0) is 21.9. The van der Waals surface area contributed by atoms with E-state index in [1.807, 2.05) is 24.1 Å². The van der Waals surface area contributed by atoms with Crippen LogP contribution in [0.25, 0.3) is 5.82 Å². The van der Waals surface area contributed by atoms with Crippen molar-refractivity contribution in [2.24, 2.45) is 5.92 Å². The third kappa shape index (κ3) is 2.83. The second kappa shape index (κ2) is 7.22. The van der Waals surface area contributed by atoms with Crippen LogP contribution in [0.4, 0.5) is 5.69 Å². The lowest BCUT2D eigenvalue weighted by Gasteiger charge is -2.47. The van der Waals surface area contributed by atoms with Crippen molar-refractivity contribution in [2.75, 3.05) is 24.5 Å². The van der Waals surface area contributed by atoms with Crippen molar-refractivity contribution in [1.82, 2.24) is 19.6 Å². The van der Waals surface area contributed by atoms with Crippen LogP contribution in [0.1, 0.15) is 60.1 Å². The van der Waals surface area contributed by atoms with Crippen LogP contribution in [0.2, 0.25) is 0 Å². The standard InChI is InChI=1S/C25H29N5O2/c1-3-6-20-22(17(2)27-32-20)24(31)28-14-11-25(16-28)21-8-5-13-29(21)23-19(7-4-12-26-23)30(25)15-18-9-10-18/h4-5,7-8,12-13,18H,3,6,9-11,14-16H2,1-2H3/t25-/m0/s1. The summed E-state index contributed by atoms with van der Waals surface area (Å²) >= 11 is 0. The Labute approximate surface area is 188 Å². The molecule has 5 heterocycles. The molecule has 3 aromatic rings. The third-order valence-electron chi connectivity index (χ3n) is 7.32. The van der Waals surface area contributed by atoms with E-state index >= 15 is 0 Å². The Morgan fingerprint density at radius 2 is 2.16 bits per heavy atom. The Bertz CT molecular complexity index is 1180. The van der Waals surface area contributed by atoms with Crippen molar-refractivity contribution < 1.29 is 9.32 Å². The number of aromatic nitrogens is 3. The van der Waals surface area contributed by atoms with Gasteiger partial charge in [-0.2, -0.15) is 0 Å². The molecule has 1 spiro atoms. The lowest BCUT2D eigenvalue weighted by molar-refractivity contribution is 0.0779. The van der Waals surface area contributed by atoms with Crippen LogP contribution in [0.15, 0.2) is 41.2 Å². The highest BCUT2D eigenvalue weighted by Gasteiger charge is 2.52. The maximum Gasteiger partial charge on any atom is 0.259 e. The summed E-state index contributed by atoms with van der Waals surface area (Å²) in [7, 11) is 0. The van der Waals surface area contributed by atoms with Gasteiger partial charge in [-0.1, -0.05) is 12.1 Å². The van der Waals surface area contributed by atoms with Gasteiger partial charge in [0.25, 0.3) is 5.91 Å². The summed E-state index contributed by atoms with van der Waals surface area (Å²) in [4.78, 5) is 23.0. The van der Waals surface area contributed by atoms with Crippen molar-refractivity contribution in [3.8, 4) is 5.82 Å². The zero-order valence-electron chi connectivity index (χ0n) is 18.8. The summed E-state index contributed by atoms with van der Waals surface area (Å²) in [5.41, 5.74) is 3.51. The maximum absolute atomic E-state index is 13.7. The number of likely N-dealkylation sites (tertiary alicyclic amines) is 1. The average Bonchev–Trinajstić information content (AvgIpc) is 3.16. The summed E-state index contributed by atoms with van der Waals surface area (Å²) in [6.07, 6.45) is 9.09. The fraction of sp³-hybridized carbons (Fsp3) is 0.480. The van der Waals surface area contributed by atoms with Gasteiger partial charge < -0.3 is 18.9 Å². The molecule has 6 rings (SSSR count). The summed E-state index contributed by atoms with van der Waals surface area (Å²) in [5.74, 6) is 2.48. The summed E-state index contributed by atoms with van der Waals surface area (Å²) < 4.78 is 7.73. The van der Waals surface area contributed by atoms with Crippen LogP contribution < -0.4 is 4.90 Å². The molecule has 1 saturated carbocycles. The average molecular weight is 432 g/mol. The monoisotopic (exact) mass is 431 g/mol. The van der Waals surface area contributed by atoms with Crippen LogP contribution in [-0.4, -0.2) is 45.1 Å². The van der Waals surface area contributed by atoms with E-state index in [9.17, 15) is 4.79 Å². The number of fused-ring (bicyclic) bond motifs is 4. The number of carbonyl (C=O) groups is 1. The Morgan fingerprint density at radius 1 is 1.28 bits per heavy atom. The largest absolute Gasteiger partial charge is 0.360 e. The Balaban J connectivity index is 1.40. The van der Waals surface area contributed by atoms with E-state index in [1.165, 1.54) is 24.2 Å². The number of hydrogen-bond acceptors (Lipinski definition) is 5. The predicted molar refractivity (Wildman–Crippen MR) is 121 cm³/mol. The summed E-state index contributed by atoms with van der Waals surface area (Å²) in [5, 5.41) is 4.11. The minimum absolute atomic E-state index is 0.0468. The van der Waals surface area contributed by atoms with Crippen LogP contribution >= 0.6 is 0 Å². The van der Waals surface area contributed by atoms with Crippen molar-refractivity contribution in [3.05, 3.63) is 59.4 Å². The number of carbonyl (C=O) groups excluding carboxylic acids is 1. The molecule has 3 aliphatic rings. The highest BCUT2D eigenvalue weighted by Crippen LogP contribution is 2.49. The number of anilines is 1. The minimum Gasteiger partial charge on any atom is -0.360 e. The fourth-order valence-electron chi connectivity index (χ4n) is 5.57. The van der Waals surface area contributed by atoms with Gasteiger partial charge in [-0.3, -0.25) is 4.79 Å². The van der Waals surface area contributed by atoms with Gasteiger partial charge >= 0.3 is 0 Å². The number of rotatable bonds is 5. The first kappa shape index (κ1) is 19.6. The SMILES string of the molecule is CCCc1onc(C)c1C(=O)N1CC[C@]2(C1)c1cccn1-c1ncccc1N2CC1CC1. The molecule has 166 valence electrons. The zero-order valence-corrected chi connectivity index (χ0v) is 18.8. The van der Waals surface area contributed by atoms with Crippen molar-refractivity contribution in [1.29, 1.82) is 0 Å². The molecule has 0 radical (unpaired) electrons. The lowest BCUT2D eigenvalue weighted by atomic mass is 9.88. The van der Waals surface area contributed by atoms with Gasteiger partial charge in [0.1, 0.15) is 16.9 Å². The second-order valence-corrected chi connectivity index (χ2v) is 9.49. The van der Waals surface area contributed by atoms with Crippen LogP contribution in [0.5, 0.6) is 0 Å². The van der Waals surface area contributed by atoms with Crippen LogP contribution in [0, 0.1) is 12.8 Å². The van der Waals surface area contributed by atoms with Crippen molar-refractivity contribution in [3.63, 3.8) is 0 Å². The molecule has 0 N–H and O–H groups in total. The lowest BCUT2D eigenvalue weighted by Crippen LogP contribution is -2.53. The van der Waals surface area contributed by atoms with E-state index in [0.29, 0.717) is 23.6 Å². The quantitative estimate of drug-likeness (QED) is 0.609. The van der Waals surface area contributed by atoms with Crippen molar-refractivity contribution in [2.45, 2.75) is 51.5 Å². The Kier molecular flexibility index (Phi) is 4.42. The van der Waals surface area contributed by atoms with Crippen molar-refractivity contribution >= 4 is 11.6 Å². The Morgan fingerprint density at radius 3 is 2.97 bits per heavy atom. The first-order valence-electron chi connectivity index (χ1n) is 11.8. The van der Waals surface area contributed by atoms with Crippen LogP contribution in [-0.2, 0) is 12.0 Å². The molecule has 2 fully saturated rings. The first-order valence-corrected chi connectivity index (χ1v) is 11.8. The topological polar surface area (TPSA) is 67.4 Å². The van der Waals surface area contributed by atoms with E-state index in [-0.39, 0.29) is 11.4 Å². The van der Waals surface area contributed by atoms with E-state index in [0.717, 1.165) is 44.1 Å². The van der Waals surface area contributed by atoms with Gasteiger partial charge in [-0.15, -0.1) is 0 Å². The van der Waals surface area contributed by atoms with Gasteiger partial charge in [-0.25, -0.2) is 4.98 Å². The third-order valence-corrected chi connectivity index (χ3v) is 7.32. The predicted octanol–water partition coefficient (Wildman–Crippen LogP) is 4.09. The van der Waals surface area contributed by atoms with E-state index in [1.54, 1.807) is 0 Å². The molecule has 2 aliphatic heterocycles. The second-order valence-electron chi connectivity index (χ2n) is 9.49. The van der Waals surface area contributed by atoms with E-state index < -0.39 is 0 Å². The van der Waals surface area contributed by atoms with Gasteiger partial charge in [0, 0.05) is 38.4 Å². The number of aryl methyl sites for hydroxylation is 2. The molecular formula is C25H29N5O2. The normalized spacial score (nSPS) is 21.8. The van der Waals surface area contributed by atoms with Gasteiger partial charge in [0.15, 0.2) is 5.82 Å². The first-order chi connectivity index (χ1) is 15.6. The number of nitrogens with zero attached hydrogens (tertiary/aromatic N) is 5. The molecule has 7 heteroatoms. The molecule has 1 atom stereocenters. The number of pyridine rings is 1. The van der Waals surface area contributed by atoms with E-state index in [4.69, 9.17) is 9.51 Å². The van der Waals surface area contributed by atoms with E-state index in [2.05, 4.69) is 45.9 Å². The van der Waals surface area contributed by atoms with Gasteiger partial charge in [0.2, 0.25) is 0 Å². The maximum atomic E-state index is 13.7. The molecule has 1 saturated heterocycles. The molecule has 1 aliphatic carbocycles. The Hall–Kier alpha value is -3.09. The van der Waals surface area contributed by atoms with Crippen LogP contribution in [0.3, 0.4) is 0 Å². The molecule has 32 heavy (non-hydrogen) atoms. The molecule has 3 aromatic heterocycles. The highest BCUT2D eigenvalue weighted by atomic mass is 16.5. The smallest absolute Gasteiger partial charge is 0.259 e.